The third kappa shape index (κ3) is 2.83. The van der Waals surface area contributed by atoms with Crippen molar-refractivity contribution in [1.29, 1.82) is 0 Å². The second kappa shape index (κ2) is 6.35. The molecule has 3 N–H and O–H groups in total. The first-order valence-electron chi connectivity index (χ1n) is 7.84. The molecular weight excluding hydrogens is 266 g/mol. The van der Waals surface area contributed by atoms with Crippen molar-refractivity contribution in [2.75, 3.05) is 36.9 Å². The molecule has 0 spiro atoms. The first kappa shape index (κ1) is 14.2. The number of hydrogen-bond acceptors (Lipinski definition) is 4. The van der Waals surface area contributed by atoms with Crippen molar-refractivity contribution >= 4 is 17.3 Å². The van der Waals surface area contributed by atoms with Gasteiger partial charge in [0.05, 0.1) is 16.9 Å². The first-order valence-corrected chi connectivity index (χ1v) is 7.84. The van der Waals surface area contributed by atoms with Crippen molar-refractivity contribution in [2.24, 2.45) is 0 Å². The number of aliphatic hydroxyl groups excluding tert-OH is 1. The minimum absolute atomic E-state index is 0.0844. The van der Waals surface area contributed by atoms with E-state index < -0.39 is 0 Å². The highest BCUT2D eigenvalue weighted by atomic mass is 16.3. The fourth-order valence-corrected chi connectivity index (χ4v) is 3.00. The molecule has 1 aromatic rings. The maximum atomic E-state index is 12.9. The summed E-state index contributed by atoms with van der Waals surface area (Å²) in [6.07, 6.45) is 4.00. The summed E-state index contributed by atoms with van der Waals surface area (Å²) >= 11 is 0. The largest absolute Gasteiger partial charge is 0.396 e. The van der Waals surface area contributed by atoms with E-state index in [0.29, 0.717) is 19.0 Å². The predicted octanol–water partition coefficient (Wildman–Crippen LogP) is 1.90. The molecule has 0 bridgehead atoms. The molecule has 1 aromatic carbocycles. The predicted molar refractivity (Wildman–Crippen MR) is 83.8 cm³/mol. The molecule has 5 heteroatoms. The lowest BCUT2D eigenvalue weighted by molar-refractivity contribution is 0.0563. The van der Waals surface area contributed by atoms with Crippen LogP contribution >= 0.6 is 0 Å². The molecule has 1 aliphatic carbocycles. The third-order valence-electron chi connectivity index (χ3n) is 4.37. The third-order valence-corrected chi connectivity index (χ3v) is 4.37. The molecule has 1 fully saturated rings. The number of amides is 1. The van der Waals surface area contributed by atoms with Crippen molar-refractivity contribution in [2.45, 2.75) is 31.7 Å². The molecule has 1 saturated carbocycles. The van der Waals surface area contributed by atoms with Crippen LogP contribution in [0.3, 0.4) is 0 Å². The number of nitrogens with zero attached hydrogens (tertiary/aromatic N) is 1. The Morgan fingerprint density at radius 3 is 2.81 bits per heavy atom. The summed E-state index contributed by atoms with van der Waals surface area (Å²) in [5.74, 6) is 0.0844. The standard InChI is InChI=1S/C16H23N3O2/c20-11-3-10-19(12-4-1-5-12)16(21)13-6-2-7-14-15(13)18-9-8-17-14/h2,6-7,12,17-18,20H,1,3-5,8-11H2. The van der Waals surface area contributed by atoms with E-state index in [1.807, 2.05) is 23.1 Å². The van der Waals surface area contributed by atoms with E-state index in [1.165, 1.54) is 6.42 Å². The summed E-state index contributed by atoms with van der Waals surface area (Å²) in [6.45, 7) is 2.47. The number of para-hydroxylation sites is 1. The summed E-state index contributed by atoms with van der Waals surface area (Å²) in [4.78, 5) is 14.9. The fourth-order valence-electron chi connectivity index (χ4n) is 3.00. The zero-order chi connectivity index (χ0) is 14.7. The van der Waals surface area contributed by atoms with Gasteiger partial charge in [0.2, 0.25) is 0 Å². The van der Waals surface area contributed by atoms with Gasteiger partial charge in [-0.1, -0.05) is 6.07 Å². The number of aliphatic hydroxyl groups is 1. The summed E-state index contributed by atoms with van der Waals surface area (Å²) in [5, 5.41) is 15.7. The molecule has 0 unspecified atom stereocenters. The van der Waals surface area contributed by atoms with Gasteiger partial charge in [-0.05, 0) is 37.8 Å². The Morgan fingerprint density at radius 1 is 1.29 bits per heavy atom. The lowest BCUT2D eigenvalue weighted by atomic mass is 9.90. The zero-order valence-corrected chi connectivity index (χ0v) is 12.3. The normalized spacial score (nSPS) is 17.2. The molecule has 3 rings (SSSR count). The molecule has 1 aliphatic heterocycles. The van der Waals surface area contributed by atoms with Crippen molar-refractivity contribution in [3.63, 3.8) is 0 Å². The quantitative estimate of drug-likeness (QED) is 0.774. The molecule has 1 amide bonds. The Hall–Kier alpha value is -1.75. The Balaban J connectivity index is 1.85. The van der Waals surface area contributed by atoms with Crippen LogP contribution in [-0.4, -0.2) is 48.2 Å². The maximum Gasteiger partial charge on any atom is 0.256 e. The monoisotopic (exact) mass is 289 g/mol. The number of fused-ring (bicyclic) bond motifs is 1. The van der Waals surface area contributed by atoms with E-state index in [0.717, 1.165) is 42.9 Å². The summed E-state index contributed by atoms with van der Waals surface area (Å²) < 4.78 is 0. The highest BCUT2D eigenvalue weighted by Gasteiger charge is 2.30. The zero-order valence-electron chi connectivity index (χ0n) is 12.3. The van der Waals surface area contributed by atoms with Crippen LogP contribution in [0.5, 0.6) is 0 Å². The van der Waals surface area contributed by atoms with Gasteiger partial charge in [-0.15, -0.1) is 0 Å². The van der Waals surface area contributed by atoms with Crippen LogP contribution in [0.2, 0.25) is 0 Å². The molecule has 0 atom stereocenters. The minimum atomic E-state index is 0.0844. The second-order valence-corrected chi connectivity index (χ2v) is 5.74. The number of anilines is 2. The van der Waals surface area contributed by atoms with E-state index in [1.54, 1.807) is 0 Å². The van der Waals surface area contributed by atoms with Crippen LogP contribution in [0.15, 0.2) is 18.2 Å². The number of rotatable bonds is 5. The van der Waals surface area contributed by atoms with Crippen LogP contribution < -0.4 is 10.6 Å². The van der Waals surface area contributed by atoms with Crippen molar-refractivity contribution < 1.29 is 9.90 Å². The van der Waals surface area contributed by atoms with Gasteiger partial charge in [0, 0.05) is 32.3 Å². The fraction of sp³-hybridized carbons (Fsp3) is 0.562. The van der Waals surface area contributed by atoms with Gasteiger partial charge in [-0.2, -0.15) is 0 Å². The molecule has 114 valence electrons. The van der Waals surface area contributed by atoms with Gasteiger partial charge >= 0.3 is 0 Å². The SMILES string of the molecule is O=C(c1cccc2c1NCCN2)N(CCCO)C1CCC1. The highest BCUT2D eigenvalue weighted by molar-refractivity contribution is 6.03. The Kier molecular flexibility index (Phi) is 4.29. The van der Waals surface area contributed by atoms with Crippen LogP contribution in [0.25, 0.3) is 0 Å². The highest BCUT2D eigenvalue weighted by Crippen LogP contribution is 2.32. The van der Waals surface area contributed by atoms with Gasteiger partial charge in [0.15, 0.2) is 0 Å². The number of carbonyl (C=O) groups excluding carboxylic acids is 1. The lowest BCUT2D eigenvalue weighted by Gasteiger charge is -2.38. The smallest absolute Gasteiger partial charge is 0.256 e. The molecule has 0 radical (unpaired) electrons. The minimum Gasteiger partial charge on any atom is -0.396 e. The van der Waals surface area contributed by atoms with E-state index in [-0.39, 0.29) is 12.5 Å². The number of benzene rings is 1. The number of carbonyl (C=O) groups is 1. The number of nitrogens with one attached hydrogen (secondary N) is 2. The van der Waals surface area contributed by atoms with Crippen LogP contribution in [0, 0.1) is 0 Å². The Morgan fingerprint density at radius 2 is 2.10 bits per heavy atom. The van der Waals surface area contributed by atoms with Gasteiger partial charge in [-0.25, -0.2) is 0 Å². The van der Waals surface area contributed by atoms with E-state index >= 15 is 0 Å². The van der Waals surface area contributed by atoms with Crippen molar-refractivity contribution in [3.8, 4) is 0 Å². The van der Waals surface area contributed by atoms with E-state index in [2.05, 4.69) is 10.6 Å². The van der Waals surface area contributed by atoms with Gasteiger partial charge in [0.25, 0.3) is 5.91 Å². The lowest BCUT2D eigenvalue weighted by Crippen LogP contribution is -2.45. The summed E-state index contributed by atoms with van der Waals surface area (Å²) in [7, 11) is 0. The molecule has 2 aliphatic rings. The van der Waals surface area contributed by atoms with Gasteiger partial charge in [0.1, 0.15) is 0 Å². The second-order valence-electron chi connectivity index (χ2n) is 5.74. The summed E-state index contributed by atoms with van der Waals surface area (Å²) in [6, 6.07) is 6.17. The van der Waals surface area contributed by atoms with Crippen LogP contribution in [-0.2, 0) is 0 Å². The topological polar surface area (TPSA) is 64.6 Å². The molecule has 1 heterocycles. The Bertz CT molecular complexity index is 514. The van der Waals surface area contributed by atoms with E-state index in [4.69, 9.17) is 5.11 Å². The van der Waals surface area contributed by atoms with Gasteiger partial charge in [-0.3, -0.25) is 4.79 Å². The Labute approximate surface area is 125 Å². The molecule has 21 heavy (non-hydrogen) atoms. The molecule has 0 aromatic heterocycles. The molecule has 5 nitrogen and oxygen atoms in total. The number of hydrogen-bond donors (Lipinski definition) is 3. The molecular formula is C16H23N3O2. The van der Waals surface area contributed by atoms with Crippen molar-refractivity contribution in [3.05, 3.63) is 23.8 Å². The average Bonchev–Trinajstić information content (AvgIpc) is 2.48. The maximum absolute atomic E-state index is 12.9. The first-order chi connectivity index (χ1) is 10.3. The van der Waals surface area contributed by atoms with Crippen LogP contribution in [0.4, 0.5) is 11.4 Å². The van der Waals surface area contributed by atoms with Crippen molar-refractivity contribution in [1.82, 2.24) is 4.90 Å². The van der Waals surface area contributed by atoms with E-state index in [9.17, 15) is 4.79 Å². The average molecular weight is 289 g/mol. The molecule has 0 saturated heterocycles. The van der Waals surface area contributed by atoms with Gasteiger partial charge < -0.3 is 20.6 Å². The summed E-state index contributed by atoms with van der Waals surface area (Å²) in [5.41, 5.74) is 2.66. The van der Waals surface area contributed by atoms with Crippen LogP contribution in [0.1, 0.15) is 36.0 Å².